The zero-order valence-electron chi connectivity index (χ0n) is 21.3. The number of carbonyl (C=O) groups excluding carboxylic acids is 2. The Balaban J connectivity index is 0.000000152. The van der Waals surface area contributed by atoms with Crippen molar-refractivity contribution in [2.24, 2.45) is 0 Å². The Bertz CT molecular complexity index is 1370. The molecule has 6 rings (SSSR count). The van der Waals surface area contributed by atoms with Crippen molar-refractivity contribution in [3.8, 4) is 0 Å². The SMILES string of the molecule is CN(C(=O)c1ccc2nonc2c1)C1CCCC1.CN(C(=O)c1ccc2nonc2c1)C1CCCCC1. The van der Waals surface area contributed by atoms with E-state index in [9.17, 15) is 9.59 Å². The minimum atomic E-state index is 0.0480. The Kier molecular flexibility index (Phi) is 7.43. The molecule has 2 amide bonds. The van der Waals surface area contributed by atoms with Crippen LogP contribution in [0.4, 0.5) is 0 Å². The van der Waals surface area contributed by atoms with Crippen molar-refractivity contribution in [2.75, 3.05) is 14.1 Å². The van der Waals surface area contributed by atoms with Crippen LogP contribution < -0.4 is 0 Å². The van der Waals surface area contributed by atoms with Crippen LogP contribution in [0, 0.1) is 0 Å². The van der Waals surface area contributed by atoms with Crippen LogP contribution in [-0.2, 0) is 0 Å². The van der Waals surface area contributed by atoms with Crippen LogP contribution in [0.5, 0.6) is 0 Å². The van der Waals surface area contributed by atoms with Gasteiger partial charge in [-0.2, -0.15) is 0 Å². The second kappa shape index (κ2) is 11.1. The van der Waals surface area contributed by atoms with Gasteiger partial charge < -0.3 is 9.80 Å². The molecule has 37 heavy (non-hydrogen) atoms. The van der Waals surface area contributed by atoms with Gasteiger partial charge in [0.1, 0.15) is 22.1 Å². The van der Waals surface area contributed by atoms with Gasteiger partial charge in [0.25, 0.3) is 11.8 Å². The number of amides is 2. The van der Waals surface area contributed by atoms with Gasteiger partial charge in [-0.3, -0.25) is 9.59 Å². The average Bonchev–Trinajstić information content (AvgIpc) is 3.73. The molecule has 0 bridgehead atoms. The van der Waals surface area contributed by atoms with E-state index in [2.05, 4.69) is 29.9 Å². The molecule has 4 aromatic rings. The monoisotopic (exact) mass is 504 g/mol. The molecule has 2 aromatic carbocycles. The van der Waals surface area contributed by atoms with Gasteiger partial charge in [-0.25, -0.2) is 9.26 Å². The maximum atomic E-state index is 12.5. The third-order valence-corrected chi connectivity index (χ3v) is 7.64. The fraction of sp³-hybridized carbons (Fsp3) is 0.481. The van der Waals surface area contributed by atoms with Gasteiger partial charge in [-0.05, 0) is 82.7 Å². The lowest BCUT2D eigenvalue weighted by Gasteiger charge is -2.31. The molecule has 10 heteroatoms. The van der Waals surface area contributed by atoms with Crippen LogP contribution in [0.1, 0.15) is 78.5 Å². The lowest BCUT2D eigenvalue weighted by Crippen LogP contribution is -2.38. The second-order valence-corrected chi connectivity index (χ2v) is 10.00. The first kappa shape index (κ1) is 24.9. The minimum absolute atomic E-state index is 0.0480. The molecule has 2 heterocycles. The molecule has 2 aliphatic carbocycles. The third-order valence-electron chi connectivity index (χ3n) is 7.64. The molecule has 0 unspecified atom stereocenters. The van der Waals surface area contributed by atoms with Gasteiger partial charge in [0.05, 0.1) is 0 Å². The molecular weight excluding hydrogens is 472 g/mol. The molecule has 0 N–H and O–H groups in total. The zero-order chi connectivity index (χ0) is 25.8. The summed E-state index contributed by atoms with van der Waals surface area (Å²) in [6.07, 6.45) is 10.6. The van der Waals surface area contributed by atoms with E-state index in [4.69, 9.17) is 0 Å². The van der Waals surface area contributed by atoms with Crippen LogP contribution in [0.15, 0.2) is 45.7 Å². The second-order valence-electron chi connectivity index (χ2n) is 10.00. The summed E-state index contributed by atoms with van der Waals surface area (Å²) in [5.41, 5.74) is 3.90. The molecule has 2 aromatic heterocycles. The van der Waals surface area contributed by atoms with Crippen molar-refractivity contribution >= 4 is 33.9 Å². The Morgan fingerprint density at radius 1 is 0.622 bits per heavy atom. The van der Waals surface area contributed by atoms with E-state index in [-0.39, 0.29) is 11.8 Å². The summed E-state index contributed by atoms with van der Waals surface area (Å²) >= 11 is 0. The number of fused-ring (bicyclic) bond motifs is 2. The first-order valence-corrected chi connectivity index (χ1v) is 13.0. The molecule has 0 spiro atoms. The maximum absolute atomic E-state index is 12.5. The molecule has 0 aliphatic heterocycles. The Labute approximate surface area is 214 Å². The number of nitrogens with zero attached hydrogens (tertiary/aromatic N) is 6. The van der Waals surface area contributed by atoms with Crippen LogP contribution in [0.3, 0.4) is 0 Å². The summed E-state index contributed by atoms with van der Waals surface area (Å²) in [7, 11) is 3.77. The summed E-state index contributed by atoms with van der Waals surface area (Å²) in [6, 6.07) is 11.3. The van der Waals surface area contributed by atoms with Gasteiger partial charge in [0, 0.05) is 37.3 Å². The van der Waals surface area contributed by atoms with E-state index in [1.807, 2.05) is 23.9 Å². The summed E-state index contributed by atoms with van der Waals surface area (Å²) in [6.45, 7) is 0. The lowest BCUT2D eigenvalue weighted by molar-refractivity contribution is 0.0695. The van der Waals surface area contributed by atoms with Crippen LogP contribution in [0.2, 0.25) is 0 Å². The van der Waals surface area contributed by atoms with Crippen molar-refractivity contribution in [3.63, 3.8) is 0 Å². The van der Waals surface area contributed by atoms with Gasteiger partial charge in [-0.15, -0.1) is 0 Å². The zero-order valence-corrected chi connectivity index (χ0v) is 21.3. The summed E-state index contributed by atoms with van der Waals surface area (Å²) in [5.74, 6) is 0.101. The van der Waals surface area contributed by atoms with Crippen LogP contribution in [0.25, 0.3) is 22.1 Å². The fourth-order valence-corrected chi connectivity index (χ4v) is 5.33. The summed E-state index contributed by atoms with van der Waals surface area (Å²) < 4.78 is 9.29. The van der Waals surface area contributed by atoms with Gasteiger partial charge in [0.2, 0.25) is 0 Å². The number of hydrogen-bond acceptors (Lipinski definition) is 8. The molecular formula is C27H32N6O4. The van der Waals surface area contributed by atoms with E-state index in [1.54, 1.807) is 36.4 Å². The molecule has 194 valence electrons. The lowest BCUT2D eigenvalue weighted by atomic mass is 9.94. The Morgan fingerprint density at radius 3 is 1.43 bits per heavy atom. The predicted octanol–water partition coefficient (Wildman–Crippen LogP) is 4.86. The average molecular weight is 505 g/mol. The molecule has 2 saturated carbocycles. The van der Waals surface area contributed by atoms with Gasteiger partial charge >= 0.3 is 0 Å². The molecule has 10 nitrogen and oxygen atoms in total. The highest BCUT2D eigenvalue weighted by atomic mass is 16.6. The van der Waals surface area contributed by atoms with Crippen molar-refractivity contribution in [2.45, 2.75) is 69.9 Å². The van der Waals surface area contributed by atoms with E-state index in [0.717, 1.165) is 25.7 Å². The van der Waals surface area contributed by atoms with Crippen molar-refractivity contribution in [1.82, 2.24) is 30.4 Å². The summed E-state index contributed by atoms with van der Waals surface area (Å²) in [4.78, 5) is 28.5. The highest BCUT2D eigenvalue weighted by molar-refractivity contribution is 5.98. The number of carbonyl (C=O) groups is 2. The minimum Gasteiger partial charge on any atom is -0.339 e. The first-order chi connectivity index (χ1) is 18.0. The highest BCUT2D eigenvalue weighted by Crippen LogP contribution is 2.25. The Hall–Kier alpha value is -3.82. The third kappa shape index (κ3) is 5.47. The summed E-state index contributed by atoms with van der Waals surface area (Å²) in [5, 5.41) is 15.0. The van der Waals surface area contributed by atoms with Crippen LogP contribution in [-0.4, -0.2) is 68.4 Å². The predicted molar refractivity (Wildman–Crippen MR) is 137 cm³/mol. The topological polar surface area (TPSA) is 118 Å². The van der Waals surface area contributed by atoms with E-state index in [1.165, 1.54) is 32.1 Å². The van der Waals surface area contributed by atoms with Crippen molar-refractivity contribution in [3.05, 3.63) is 47.5 Å². The maximum Gasteiger partial charge on any atom is 0.253 e. The van der Waals surface area contributed by atoms with Crippen molar-refractivity contribution in [1.29, 1.82) is 0 Å². The fourth-order valence-electron chi connectivity index (χ4n) is 5.33. The van der Waals surface area contributed by atoms with E-state index in [0.29, 0.717) is 45.3 Å². The van der Waals surface area contributed by atoms with Crippen LogP contribution >= 0.6 is 0 Å². The molecule has 2 aliphatic rings. The van der Waals surface area contributed by atoms with Gasteiger partial charge in [0.15, 0.2) is 0 Å². The molecule has 0 saturated heterocycles. The number of rotatable bonds is 4. The number of benzene rings is 2. The van der Waals surface area contributed by atoms with Gasteiger partial charge in [-0.1, -0.05) is 32.1 Å². The number of hydrogen-bond donors (Lipinski definition) is 0. The Morgan fingerprint density at radius 2 is 1.00 bits per heavy atom. The molecule has 0 atom stereocenters. The number of aromatic nitrogens is 4. The van der Waals surface area contributed by atoms with Crippen molar-refractivity contribution < 1.29 is 18.8 Å². The van der Waals surface area contributed by atoms with E-state index < -0.39 is 0 Å². The smallest absolute Gasteiger partial charge is 0.253 e. The standard InChI is InChI=1S/C14H17N3O2.C13H15N3O2/c1-17(11-5-3-2-4-6-11)14(18)10-7-8-12-13(9-10)16-19-15-12;1-16(10-4-2-3-5-10)13(17)9-6-7-11-12(8-9)15-18-14-11/h7-9,11H,2-6H2,1H3;6-8,10H,2-5H2,1H3. The molecule has 0 radical (unpaired) electrons. The molecule has 2 fully saturated rings. The highest BCUT2D eigenvalue weighted by Gasteiger charge is 2.25. The quantitative estimate of drug-likeness (QED) is 0.386. The largest absolute Gasteiger partial charge is 0.339 e. The normalized spacial score (nSPS) is 16.5. The van der Waals surface area contributed by atoms with E-state index >= 15 is 0 Å². The first-order valence-electron chi connectivity index (χ1n) is 13.0.